The van der Waals surface area contributed by atoms with Crippen LogP contribution in [0.1, 0.15) is 22.4 Å². The van der Waals surface area contributed by atoms with Crippen LogP contribution in [0, 0.1) is 27.7 Å². The molecule has 140 valence electrons. The highest BCUT2D eigenvalue weighted by molar-refractivity contribution is 5.65. The van der Waals surface area contributed by atoms with Crippen molar-refractivity contribution in [3.63, 3.8) is 0 Å². The molecule has 0 bridgehead atoms. The second-order valence-corrected chi connectivity index (χ2v) is 7.05. The van der Waals surface area contributed by atoms with Crippen molar-refractivity contribution in [1.82, 2.24) is 19.7 Å². The fourth-order valence-electron chi connectivity index (χ4n) is 3.12. The maximum absolute atomic E-state index is 4.72. The lowest BCUT2D eigenvalue weighted by Crippen LogP contribution is -2.00. The first-order chi connectivity index (χ1) is 13.5. The van der Waals surface area contributed by atoms with Crippen LogP contribution in [-0.4, -0.2) is 19.7 Å². The van der Waals surface area contributed by atoms with Crippen LogP contribution in [0.4, 0.5) is 11.6 Å². The molecule has 2 aromatic carbocycles. The fourth-order valence-corrected chi connectivity index (χ4v) is 3.12. The standard InChI is InChI=1S/C23H23N5/c1-15-8-10-19(11-9-15)28-14-20(18(4)27-28)22-12-13-24-23(26-22)25-21-7-5-6-16(2)17(21)3/h5-14H,1-4H3,(H,24,25,26). The number of nitrogens with one attached hydrogen (secondary N) is 1. The number of benzene rings is 2. The van der Waals surface area contributed by atoms with E-state index in [0.29, 0.717) is 5.95 Å². The van der Waals surface area contributed by atoms with Crippen LogP contribution in [0.15, 0.2) is 60.9 Å². The minimum atomic E-state index is 0.577. The van der Waals surface area contributed by atoms with E-state index in [1.807, 2.05) is 36.0 Å². The van der Waals surface area contributed by atoms with Crippen molar-refractivity contribution in [2.24, 2.45) is 0 Å². The van der Waals surface area contributed by atoms with Crippen molar-refractivity contribution >= 4 is 11.6 Å². The molecule has 4 rings (SSSR count). The third-order valence-electron chi connectivity index (χ3n) is 4.98. The lowest BCUT2D eigenvalue weighted by Gasteiger charge is -2.10. The predicted molar refractivity (Wildman–Crippen MR) is 113 cm³/mol. The second-order valence-electron chi connectivity index (χ2n) is 7.05. The highest BCUT2D eigenvalue weighted by atomic mass is 15.3. The third-order valence-corrected chi connectivity index (χ3v) is 4.98. The van der Waals surface area contributed by atoms with Gasteiger partial charge in [-0.3, -0.25) is 0 Å². The van der Waals surface area contributed by atoms with Crippen LogP contribution in [0.3, 0.4) is 0 Å². The van der Waals surface area contributed by atoms with Crippen molar-refractivity contribution in [3.8, 4) is 16.9 Å². The molecule has 0 spiro atoms. The average molecular weight is 369 g/mol. The Morgan fingerprint density at radius 1 is 0.893 bits per heavy atom. The average Bonchev–Trinajstić information content (AvgIpc) is 3.08. The van der Waals surface area contributed by atoms with Crippen molar-refractivity contribution in [3.05, 3.63) is 83.3 Å². The van der Waals surface area contributed by atoms with Gasteiger partial charge in [0.1, 0.15) is 0 Å². The fraction of sp³-hybridized carbons (Fsp3) is 0.174. The van der Waals surface area contributed by atoms with E-state index in [4.69, 9.17) is 4.98 Å². The minimum Gasteiger partial charge on any atom is -0.324 e. The summed E-state index contributed by atoms with van der Waals surface area (Å²) in [4.78, 5) is 9.10. The van der Waals surface area contributed by atoms with E-state index in [2.05, 4.69) is 66.5 Å². The monoisotopic (exact) mass is 369 g/mol. The molecule has 0 aliphatic rings. The maximum Gasteiger partial charge on any atom is 0.227 e. The molecule has 5 heteroatoms. The van der Waals surface area contributed by atoms with Crippen molar-refractivity contribution < 1.29 is 0 Å². The van der Waals surface area contributed by atoms with E-state index in [-0.39, 0.29) is 0 Å². The van der Waals surface area contributed by atoms with Crippen molar-refractivity contribution in [1.29, 1.82) is 0 Å². The highest BCUT2D eigenvalue weighted by Gasteiger charge is 2.11. The molecule has 0 unspecified atom stereocenters. The predicted octanol–water partition coefficient (Wildman–Crippen LogP) is 5.31. The van der Waals surface area contributed by atoms with Gasteiger partial charge in [-0.2, -0.15) is 5.10 Å². The van der Waals surface area contributed by atoms with E-state index in [0.717, 1.165) is 28.3 Å². The van der Waals surface area contributed by atoms with Gasteiger partial charge in [-0.15, -0.1) is 0 Å². The van der Waals surface area contributed by atoms with Gasteiger partial charge in [-0.05, 0) is 63.1 Å². The molecule has 2 heterocycles. The molecule has 1 N–H and O–H groups in total. The summed E-state index contributed by atoms with van der Waals surface area (Å²) < 4.78 is 1.89. The summed E-state index contributed by atoms with van der Waals surface area (Å²) in [6.07, 6.45) is 3.79. The first-order valence-electron chi connectivity index (χ1n) is 9.31. The lowest BCUT2D eigenvalue weighted by atomic mass is 10.1. The zero-order valence-electron chi connectivity index (χ0n) is 16.6. The van der Waals surface area contributed by atoms with Crippen LogP contribution in [-0.2, 0) is 0 Å². The number of hydrogen-bond donors (Lipinski definition) is 1. The minimum absolute atomic E-state index is 0.577. The van der Waals surface area contributed by atoms with Gasteiger partial charge in [-0.25, -0.2) is 14.6 Å². The van der Waals surface area contributed by atoms with Crippen LogP contribution < -0.4 is 5.32 Å². The third kappa shape index (κ3) is 3.51. The Bertz CT molecular complexity index is 1130. The molecular weight excluding hydrogens is 346 g/mol. The van der Waals surface area contributed by atoms with Gasteiger partial charge >= 0.3 is 0 Å². The summed E-state index contributed by atoms with van der Waals surface area (Å²) in [6.45, 7) is 8.27. The largest absolute Gasteiger partial charge is 0.324 e. The number of nitrogens with zero attached hydrogens (tertiary/aromatic N) is 4. The number of hydrogen-bond acceptors (Lipinski definition) is 4. The molecule has 4 aromatic rings. The van der Waals surface area contributed by atoms with E-state index in [1.165, 1.54) is 16.7 Å². The Morgan fingerprint density at radius 3 is 2.46 bits per heavy atom. The number of rotatable bonds is 4. The Balaban J connectivity index is 1.66. The quantitative estimate of drug-likeness (QED) is 0.530. The summed E-state index contributed by atoms with van der Waals surface area (Å²) in [7, 11) is 0. The van der Waals surface area contributed by atoms with Gasteiger partial charge in [0.2, 0.25) is 5.95 Å². The van der Waals surface area contributed by atoms with Gasteiger partial charge in [-0.1, -0.05) is 29.8 Å². The molecule has 0 amide bonds. The Labute approximate surface area is 165 Å². The molecule has 0 atom stereocenters. The van der Waals surface area contributed by atoms with E-state index in [1.54, 1.807) is 6.20 Å². The molecule has 28 heavy (non-hydrogen) atoms. The summed E-state index contributed by atoms with van der Waals surface area (Å²) in [5.41, 5.74) is 8.47. The second kappa shape index (κ2) is 7.27. The van der Waals surface area contributed by atoms with Gasteiger partial charge in [0.15, 0.2) is 0 Å². The van der Waals surface area contributed by atoms with Crippen molar-refractivity contribution in [2.45, 2.75) is 27.7 Å². The van der Waals surface area contributed by atoms with Crippen LogP contribution in [0.5, 0.6) is 0 Å². The van der Waals surface area contributed by atoms with Gasteiger partial charge in [0, 0.05) is 23.6 Å². The molecule has 2 aromatic heterocycles. The smallest absolute Gasteiger partial charge is 0.227 e. The maximum atomic E-state index is 4.72. The number of aromatic nitrogens is 4. The SMILES string of the molecule is Cc1ccc(-n2cc(-c3ccnc(Nc4cccc(C)c4C)n3)c(C)n2)cc1. The molecule has 0 aliphatic carbocycles. The molecular formula is C23H23N5. The normalized spacial score (nSPS) is 10.9. The van der Waals surface area contributed by atoms with Crippen molar-refractivity contribution in [2.75, 3.05) is 5.32 Å². The van der Waals surface area contributed by atoms with Gasteiger partial charge < -0.3 is 5.32 Å². The Kier molecular flexibility index (Phi) is 4.65. The van der Waals surface area contributed by atoms with Crippen LogP contribution in [0.2, 0.25) is 0 Å². The van der Waals surface area contributed by atoms with Crippen LogP contribution in [0.25, 0.3) is 16.9 Å². The Hall–Kier alpha value is -3.47. The topological polar surface area (TPSA) is 55.6 Å². The first-order valence-corrected chi connectivity index (χ1v) is 9.31. The summed E-state index contributed by atoms with van der Waals surface area (Å²) in [6, 6.07) is 16.4. The number of anilines is 2. The summed E-state index contributed by atoms with van der Waals surface area (Å²) in [5.74, 6) is 0.577. The first kappa shape index (κ1) is 17.9. The molecule has 5 nitrogen and oxygen atoms in total. The lowest BCUT2D eigenvalue weighted by molar-refractivity contribution is 0.862. The van der Waals surface area contributed by atoms with E-state index in [9.17, 15) is 0 Å². The van der Waals surface area contributed by atoms with E-state index < -0.39 is 0 Å². The molecule has 0 saturated carbocycles. The number of aryl methyl sites for hydroxylation is 3. The summed E-state index contributed by atoms with van der Waals surface area (Å²) >= 11 is 0. The van der Waals surface area contributed by atoms with E-state index >= 15 is 0 Å². The highest BCUT2D eigenvalue weighted by Crippen LogP contribution is 2.25. The van der Waals surface area contributed by atoms with Gasteiger partial charge in [0.05, 0.1) is 17.1 Å². The molecule has 0 saturated heterocycles. The van der Waals surface area contributed by atoms with Gasteiger partial charge in [0.25, 0.3) is 0 Å². The molecule has 0 radical (unpaired) electrons. The van der Waals surface area contributed by atoms with Crippen LogP contribution >= 0.6 is 0 Å². The Morgan fingerprint density at radius 2 is 1.68 bits per heavy atom. The zero-order valence-corrected chi connectivity index (χ0v) is 16.6. The summed E-state index contributed by atoms with van der Waals surface area (Å²) in [5, 5.41) is 8.00. The molecule has 0 fully saturated rings. The zero-order chi connectivity index (χ0) is 19.7. The molecule has 0 aliphatic heterocycles.